The summed E-state index contributed by atoms with van der Waals surface area (Å²) in [5, 5.41) is 1.34. The third kappa shape index (κ3) is 4.57. The van der Waals surface area contributed by atoms with Crippen molar-refractivity contribution >= 4 is 16.7 Å². The van der Waals surface area contributed by atoms with Crippen molar-refractivity contribution in [3.05, 3.63) is 54.4 Å². The SMILES string of the molecule is COc1ccc2[nH]cc(C3CCC(CCN4CCN(c5ccccn5)CC4)CC3)c2c1. The molecule has 0 atom stereocenters. The molecule has 1 saturated carbocycles. The standard InChI is InChI=1S/C26H34N4O/c1-31-22-9-10-25-23(18-22)24(19-28-25)21-7-5-20(6-8-21)11-13-29-14-16-30(17-15-29)26-4-2-3-12-27-26/h2-4,9-10,12,18-21,28H,5-8,11,13-17H2,1H3. The quantitative estimate of drug-likeness (QED) is 0.608. The molecule has 2 aromatic heterocycles. The molecule has 0 spiro atoms. The summed E-state index contributed by atoms with van der Waals surface area (Å²) in [7, 11) is 1.75. The van der Waals surface area contributed by atoms with Gasteiger partial charge in [0.2, 0.25) is 0 Å². The van der Waals surface area contributed by atoms with Gasteiger partial charge in [-0.15, -0.1) is 0 Å². The summed E-state index contributed by atoms with van der Waals surface area (Å²) < 4.78 is 5.45. The van der Waals surface area contributed by atoms with Crippen LogP contribution < -0.4 is 9.64 Å². The lowest BCUT2D eigenvalue weighted by atomic mass is 9.77. The van der Waals surface area contributed by atoms with Crippen LogP contribution in [0.4, 0.5) is 5.82 Å². The molecule has 1 N–H and O–H groups in total. The average molecular weight is 419 g/mol. The number of pyridine rings is 1. The van der Waals surface area contributed by atoms with Gasteiger partial charge >= 0.3 is 0 Å². The number of nitrogens with zero attached hydrogens (tertiary/aromatic N) is 3. The Labute approximate surface area is 185 Å². The molecule has 1 aliphatic carbocycles. The summed E-state index contributed by atoms with van der Waals surface area (Å²) in [5.74, 6) is 3.63. The predicted molar refractivity (Wildman–Crippen MR) is 127 cm³/mol. The van der Waals surface area contributed by atoms with Gasteiger partial charge in [-0.05, 0) is 86.4 Å². The van der Waals surface area contributed by atoms with E-state index in [1.54, 1.807) is 7.11 Å². The molecule has 164 valence electrons. The minimum absolute atomic E-state index is 0.680. The van der Waals surface area contributed by atoms with Gasteiger partial charge in [0, 0.05) is 49.5 Å². The van der Waals surface area contributed by atoms with Crippen molar-refractivity contribution < 1.29 is 4.74 Å². The Morgan fingerprint density at radius 2 is 1.87 bits per heavy atom. The van der Waals surface area contributed by atoms with Gasteiger partial charge in [0.05, 0.1) is 7.11 Å². The van der Waals surface area contributed by atoms with Crippen LogP contribution >= 0.6 is 0 Å². The van der Waals surface area contributed by atoms with Crippen LogP contribution in [0, 0.1) is 5.92 Å². The van der Waals surface area contributed by atoms with Crippen molar-refractivity contribution in [2.24, 2.45) is 5.92 Å². The molecule has 3 heterocycles. The van der Waals surface area contributed by atoms with Crippen LogP contribution in [0.15, 0.2) is 48.8 Å². The molecule has 0 radical (unpaired) electrons. The molecule has 5 nitrogen and oxygen atoms in total. The van der Waals surface area contributed by atoms with Crippen molar-refractivity contribution in [1.29, 1.82) is 0 Å². The topological polar surface area (TPSA) is 44.4 Å². The number of rotatable bonds is 6. The van der Waals surface area contributed by atoms with E-state index in [2.05, 4.69) is 50.2 Å². The van der Waals surface area contributed by atoms with E-state index in [1.165, 1.54) is 55.1 Å². The van der Waals surface area contributed by atoms with Crippen LogP contribution in [0.3, 0.4) is 0 Å². The van der Waals surface area contributed by atoms with Crippen molar-refractivity contribution in [2.75, 3.05) is 44.7 Å². The van der Waals surface area contributed by atoms with Crippen LogP contribution in [0.25, 0.3) is 10.9 Å². The number of piperazine rings is 1. The third-order valence-corrected chi connectivity index (χ3v) is 7.41. The molecular weight excluding hydrogens is 384 g/mol. The molecule has 31 heavy (non-hydrogen) atoms. The number of H-pyrrole nitrogens is 1. The Bertz CT molecular complexity index is 969. The fraction of sp³-hybridized carbons (Fsp3) is 0.500. The number of fused-ring (bicyclic) bond motifs is 1. The van der Waals surface area contributed by atoms with E-state index in [-0.39, 0.29) is 0 Å². The number of anilines is 1. The van der Waals surface area contributed by atoms with E-state index < -0.39 is 0 Å². The lowest BCUT2D eigenvalue weighted by Gasteiger charge is -2.36. The lowest BCUT2D eigenvalue weighted by molar-refractivity contribution is 0.216. The predicted octanol–water partition coefficient (Wildman–Crippen LogP) is 5.06. The van der Waals surface area contributed by atoms with Crippen LogP contribution in [0.1, 0.15) is 43.6 Å². The van der Waals surface area contributed by atoms with Gasteiger partial charge in [-0.1, -0.05) is 6.07 Å². The molecule has 1 aromatic carbocycles. The number of benzene rings is 1. The Morgan fingerprint density at radius 3 is 2.61 bits per heavy atom. The van der Waals surface area contributed by atoms with Gasteiger partial charge in [-0.3, -0.25) is 4.90 Å². The van der Waals surface area contributed by atoms with Crippen LogP contribution in [0.5, 0.6) is 5.75 Å². The number of aromatic nitrogens is 2. The third-order valence-electron chi connectivity index (χ3n) is 7.41. The Hall–Kier alpha value is -2.53. The summed E-state index contributed by atoms with van der Waals surface area (Å²) in [5.41, 5.74) is 2.71. The molecule has 2 aliphatic rings. The van der Waals surface area contributed by atoms with Gasteiger partial charge in [0.1, 0.15) is 11.6 Å². The highest BCUT2D eigenvalue weighted by molar-refractivity contribution is 5.85. The second-order valence-corrected chi connectivity index (χ2v) is 9.18. The van der Waals surface area contributed by atoms with E-state index in [4.69, 9.17) is 4.74 Å². The normalized spacial score (nSPS) is 22.7. The fourth-order valence-corrected chi connectivity index (χ4v) is 5.45. The molecule has 5 rings (SSSR count). The zero-order valence-corrected chi connectivity index (χ0v) is 18.6. The first-order valence-electron chi connectivity index (χ1n) is 11.8. The number of ether oxygens (including phenoxy) is 1. The maximum absolute atomic E-state index is 5.45. The fourth-order valence-electron chi connectivity index (χ4n) is 5.45. The first-order valence-corrected chi connectivity index (χ1v) is 11.8. The molecule has 5 heteroatoms. The summed E-state index contributed by atoms with van der Waals surface area (Å²) in [6, 6.07) is 12.6. The second-order valence-electron chi connectivity index (χ2n) is 9.18. The number of hydrogen-bond acceptors (Lipinski definition) is 4. The Kier molecular flexibility index (Phi) is 6.12. The summed E-state index contributed by atoms with van der Waals surface area (Å²) in [4.78, 5) is 13.0. The van der Waals surface area contributed by atoms with E-state index in [1.807, 2.05) is 18.3 Å². The monoisotopic (exact) mass is 418 g/mol. The zero-order chi connectivity index (χ0) is 21.0. The molecule has 2 fully saturated rings. The van der Waals surface area contributed by atoms with Gasteiger partial charge in [-0.25, -0.2) is 4.98 Å². The maximum Gasteiger partial charge on any atom is 0.128 e. The van der Waals surface area contributed by atoms with Gasteiger partial charge in [0.15, 0.2) is 0 Å². The van der Waals surface area contributed by atoms with Gasteiger partial charge in [-0.2, -0.15) is 0 Å². The molecule has 0 amide bonds. The van der Waals surface area contributed by atoms with Crippen molar-refractivity contribution in [1.82, 2.24) is 14.9 Å². The first kappa shape index (κ1) is 20.4. The van der Waals surface area contributed by atoms with Gasteiger partial charge in [0.25, 0.3) is 0 Å². The van der Waals surface area contributed by atoms with Crippen molar-refractivity contribution in [3.8, 4) is 5.75 Å². The van der Waals surface area contributed by atoms with E-state index in [9.17, 15) is 0 Å². The largest absolute Gasteiger partial charge is 0.497 e. The number of hydrogen-bond donors (Lipinski definition) is 1. The number of aromatic amines is 1. The first-order chi connectivity index (χ1) is 15.3. The minimum Gasteiger partial charge on any atom is -0.497 e. The molecule has 3 aromatic rings. The van der Waals surface area contributed by atoms with Crippen LogP contribution in [0.2, 0.25) is 0 Å². The van der Waals surface area contributed by atoms with Crippen molar-refractivity contribution in [3.63, 3.8) is 0 Å². The summed E-state index contributed by atoms with van der Waals surface area (Å²) >= 11 is 0. The van der Waals surface area contributed by atoms with Crippen LogP contribution in [-0.4, -0.2) is 54.7 Å². The second kappa shape index (κ2) is 9.31. The maximum atomic E-state index is 5.45. The number of nitrogens with one attached hydrogen (secondary N) is 1. The molecule has 1 saturated heterocycles. The zero-order valence-electron chi connectivity index (χ0n) is 18.6. The van der Waals surface area contributed by atoms with Crippen LogP contribution in [-0.2, 0) is 0 Å². The highest BCUT2D eigenvalue weighted by Gasteiger charge is 2.25. The molecule has 0 unspecified atom stereocenters. The molecule has 1 aliphatic heterocycles. The number of methoxy groups -OCH3 is 1. The lowest BCUT2D eigenvalue weighted by Crippen LogP contribution is -2.47. The van der Waals surface area contributed by atoms with E-state index >= 15 is 0 Å². The van der Waals surface area contributed by atoms with Gasteiger partial charge < -0.3 is 14.6 Å². The summed E-state index contributed by atoms with van der Waals surface area (Å²) in [6.45, 7) is 5.74. The highest BCUT2D eigenvalue weighted by Crippen LogP contribution is 2.40. The molecular formula is C26H34N4O. The Morgan fingerprint density at radius 1 is 1.03 bits per heavy atom. The Balaban J connectivity index is 1.09. The smallest absolute Gasteiger partial charge is 0.128 e. The van der Waals surface area contributed by atoms with Crippen molar-refractivity contribution in [2.45, 2.75) is 38.0 Å². The molecule has 0 bridgehead atoms. The van der Waals surface area contributed by atoms with E-state index in [0.29, 0.717) is 5.92 Å². The summed E-state index contributed by atoms with van der Waals surface area (Å²) in [6.07, 6.45) is 10.8. The minimum atomic E-state index is 0.680. The highest BCUT2D eigenvalue weighted by atomic mass is 16.5. The van der Waals surface area contributed by atoms with E-state index in [0.717, 1.165) is 43.7 Å². The average Bonchev–Trinajstić information content (AvgIpc) is 3.27.